The molecular weight excluding hydrogens is 342 g/mol. The fourth-order valence-electron chi connectivity index (χ4n) is 3.34. The number of carbonyl (C=O) groups is 1. The largest absolute Gasteiger partial charge is 0.465 e. The van der Waals surface area contributed by atoms with Crippen LogP contribution in [0, 0.1) is 0 Å². The van der Waals surface area contributed by atoms with Crippen LogP contribution in [0.4, 0.5) is 23.1 Å². The molecule has 1 aromatic heterocycles. The molecule has 3 aromatic rings. The lowest BCUT2D eigenvalue weighted by atomic mass is 10.1. The zero-order chi connectivity index (χ0) is 18.8. The van der Waals surface area contributed by atoms with Crippen molar-refractivity contribution >= 4 is 29.1 Å². The van der Waals surface area contributed by atoms with Gasteiger partial charge in [-0.05, 0) is 37.1 Å². The molecular formula is C20H19N5O2. The molecule has 2 heterocycles. The lowest BCUT2D eigenvalue weighted by molar-refractivity contribution is 0.0602. The molecule has 0 spiro atoms. The summed E-state index contributed by atoms with van der Waals surface area (Å²) < 4.78 is 4.84. The van der Waals surface area contributed by atoms with Gasteiger partial charge >= 0.3 is 5.97 Å². The Bertz CT molecular complexity index is 991. The Morgan fingerprint density at radius 2 is 1.96 bits per heavy atom. The fraction of sp³-hybridized carbons (Fsp3) is 0.200. The van der Waals surface area contributed by atoms with Crippen LogP contribution < -0.4 is 10.2 Å². The highest BCUT2D eigenvalue weighted by Crippen LogP contribution is 2.36. The van der Waals surface area contributed by atoms with E-state index in [0.717, 1.165) is 12.1 Å². The average Bonchev–Trinajstić information content (AvgIpc) is 3.03. The molecule has 1 N–H and O–H groups in total. The Morgan fingerprint density at radius 3 is 2.81 bits per heavy atom. The summed E-state index contributed by atoms with van der Waals surface area (Å²) in [5.74, 6) is 0.614. The van der Waals surface area contributed by atoms with E-state index in [1.54, 1.807) is 18.2 Å². The minimum absolute atomic E-state index is 0.238. The standard InChI is InChI=1S/C20H19N5O2/c1-13-11-14-7-3-6-10-17(14)25(13)20-23-18(12-21-24-20)22-16-9-5-4-8-15(16)19(26)27-2/h3-10,12-13H,11H2,1-2H3,(H,22,23,24). The number of benzene rings is 2. The van der Waals surface area contributed by atoms with Crippen LogP contribution in [0.2, 0.25) is 0 Å². The molecule has 0 bridgehead atoms. The molecule has 136 valence electrons. The summed E-state index contributed by atoms with van der Waals surface area (Å²) in [6, 6.07) is 15.6. The first-order valence-electron chi connectivity index (χ1n) is 8.68. The summed E-state index contributed by atoms with van der Waals surface area (Å²) in [7, 11) is 1.36. The molecule has 0 fully saturated rings. The van der Waals surface area contributed by atoms with Gasteiger partial charge in [0.25, 0.3) is 5.95 Å². The molecule has 7 heteroatoms. The second-order valence-corrected chi connectivity index (χ2v) is 6.36. The SMILES string of the molecule is COC(=O)c1ccccc1Nc1cnnc(N2c3ccccc3CC2C)n1. The van der Waals surface area contributed by atoms with E-state index in [9.17, 15) is 4.79 Å². The van der Waals surface area contributed by atoms with Crippen LogP contribution in [-0.4, -0.2) is 34.3 Å². The molecule has 2 aromatic carbocycles. The maximum atomic E-state index is 12.0. The first kappa shape index (κ1) is 17.0. The number of rotatable bonds is 4. The van der Waals surface area contributed by atoms with Gasteiger partial charge in [0.2, 0.25) is 0 Å². The quantitative estimate of drug-likeness (QED) is 0.713. The summed E-state index contributed by atoms with van der Waals surface area (Å²) in [5, 5.41) is 11.5. The van der Waals surface area contributed by atoms with Crippen molar-refractivity contribution in [2.45, 2.75) is 19.4 Å². The summed E-state index contributed by atoms with van der Waals surface area (Å²) >= 11 is 0. The molecule has 0 amide bonds. The van der Waals surface area contributed by atoms with E-state index >= 15 is 0 Å². The molecule has 1 aliphatic rings. The van der Waals surface area contributed by atoms with Gasteiger partial charge in [0.05, 0.1) is 24.6 Å². The number of ether oxygens (including phenoxy) is 1. The Hall–Kier alpha value is -3.48. The lowest BCUT2D eigenvalue weighted by Gasteiger charge is -2.22. The van der Waals surface area contributed by atoms with Crippen LogP contribution in [0.15, 0.2) is 54.7 Å². The van der Waals surface area contributed by atoms with Gasteiger partial charge in [-0.1, -0.05) is 30.3 Å². The lowest BCUT2D eigenvalue weighted by Crippen LogP contribution is -2.26. The highest BCUT2D eigenvalue weighted by Gasteiger charge is 2.29. The second-order valence-electron chi connectivity index (χ2n) is 6.36. The minimum Gasteiger partial charge on any atom is -0.465 e. The van der Waals surface area contributed by atoms with Gasteiger partial charge in [-0.2, -0.15) is 10.1 Å². The molecule has 0 saturated carbocycles. The number of anilines is 4. The van der Waals surface area contributed by atoms with Crippen LogP contribution >= 0.6 is 0 Å². The first-order chi connectivity index (χ1) is 13.2. The third kappa shape index (κ3) is 3.19. The molecule has 27 heavy (non-hydrogen) atoms. The third-order valence-corrected chi connectivity index (χ3v) is 4.57. The van der Waals surface area contributed by atoms with Gasteiger partial charge in [0, 0.05) is 11.7 Å². The number of para-hydroxylation sites is 2. The first-order valence-corrected chi connectivity index (χ1v) is 8.68. The molecule has 4 rings (SSSR count). The van der Waals surface area contributed by atoms with Gasteiger partial charge in [-0.25, -0.2) is 4.79 Å². The molecule has 1 atom stereocenters. The number of hydrogen-bond donors (Lipinski definition) is 1. The maximum Gasteiger partial charge on any atom is 0.339 e. The van der Waals surface area contributed by atoms with Crippen molar-refractivity contribution in [1.82, 2.24) is 15.2 Å². The van der Waals surface area contributed by atoms with Gasteiger partial charge in [-0.3, -0.25) is 0 Å². The van der Waals surface area contributed by atoms with Crippen molar-refractivity contribution < 1.29 is 9.53 Å². The van der Waals surface area contributed by atoms with E-state index in [4.69, 9.17) is 4.74 Å². The van der Waals surface area contributed by atoms with Crippen LogP contribution in [0.25, 0.3) is 0 Å². The Balaban J connectivity index is 1.66. The summed E-state index contributed by atoms with van der Waals surface area (Å²) in [5.41, 5.74) is 3.40. The van der Waals surface area contributed by atoms with Crippen LogP contribution in [0.1, 0.15) is 22.8 Å². The molecule has 0 aliphatic carbocycles. The number of methoxy groups -OCH3 is 1. The normalized spacial score (nSPS) is 15.3. The van der Waals surface area contributed by atoms with Crippen LogP contribution in [-0.2, 0) is 11.2 Å². The van der Waals surface area contributed by atoms with E-state index in [-0.39, 0.29) is 6.04 Å². The number of esters is 1. The van der Waals surface area contributed by atoms with E-state index in [1.165, 1.54) is 18.9 Å². The summed E-state index contributed by atoms with van der Waals surface area (Å²) in [6.45, 7) is 2.13. The Kier molecular flexibility index (Phi) is 4.42. The topological polar surface area (TPSA) is 80.2 Å². The van der Waals surface area contributed by atoms with Gasteiger partial charge < -0.3 is 15.0 Å². The number of carbonyl (C=O) groups excluding carboxylic acids is 1. The highest BCUT2D eigenvalue weighted by atomic mass is 16.5. The van der Waals surface area contributed by atoms with Crippen molar-refractivity contribution in [2.75, 3.05) is 17.3 Å². The smallest absolute Gasteiger partial charge is 0.339 e. The molecule has 1 unspecified atom stereocenters. The van der Waals surface area contributed by atoms with Crippen molar-refractivity contribution in [2.24, 2.45) is 0 Å². The average molecular weight is 361 g/mol. The van der Waals surface area contributed by atoms with Crippen molar-refractivity contribution in [3.05, 3.63) is 65.9 Å². The van der Waals surface area contributed by atoms with Crippen LogP contribution in [0.3, 0.4) is 0 Å². The number of hydrogen-bond acceptors (Lipinski definition) is 7. The van der Waals surface area contributed by atoms with Gasteiger partial charge in [0.1, 0.15) is 0 Å². The van der Waals surface area contributed by atoms with Crippen molar-refractivity contribution in [3.63, 3.8) is 0 Å². The van der Waals surface area contributed by atoms with Gasteiger partial charge in [-0.15, -0.1) is 5.10 Å². The summed E-state index contributed by atoms with van der Waals surface area (Å²) in [4.78, 5) is 18.7. The highest BCUT2D eigenvalue weighted by molar-refractivity contribution is 5.96. The van der Waals surface area contributed by atoms with Crippen molar-refractivity contribution in [3.8, 4) is 0 Å². The van der Waals surface area contributed by atoms with Crippen molar-refractivity contribution in [1.29, 1.82) is 0 Å². The third-order valence-electron chi connectivity index (χ3n) is 4.57. The monoisotopic (exact) mass is 361 g/mol. The zero-order valence-electron chi connectivity index (χ0n) is 15.1. The molecule has 1 aliphatic heterocycles. The second kappa shape index (κ2) is 7.03. The maximum absolute atomic E-state index is 12.0. The Labute approximate surface area is 157 Å². The number of aromatic nitrogens is 3. The predicted octanol–water partition coefficient (Wildman–Crippen LogP) is 3.48. The minimum atomic E-state index is -0.414. The zero-order valence-corrected chi connectivity index (χ0v) is 15.1. The van der Waals surface area contributed by atoms with E-state index in [2.05, 4.69) is 44.5 Å². The van der Waals surface area contributed by atoms with Crippen LogP contribution in [0.5, 0.6) is 0 Å². The van der Waals surface area contributed by atoms with Gasteiger partial charge in [0.15, 0.2) is 5.82 Å². The predicted molar refractivity (Wildman–Crippen MR) is 103 cm³/mol. The summed E-state index contributed by atoms with van der Waals surface area (Å²) in [6.07, 6.45) is 2.46. The van der Waals surface area contributed by atoms with E-state index in [1.807, 2.05) is 18.2 Å². The number of nitrogens with one attached hydrogen (secondary N) is 1. The molecule has 0 radical (unpaired) electrons. The van der Waals surface area contributed by atoms with E-state index < -0.39 is 5.97 Å². The number of nitrogens with zero attached hydrogens (tertiary/aromatic N) is 4. The number of fused-ring (bicyclic) bond motifs is 1. The molecule has 7 nitrogen and oxygen atoms in total. The Morgan fingerprint density at radius 1 is 1.19 bits per heavy atom. The fourth-order valence-corrected chi connectivity index (χ4v) is 3.34. The van der Waals surface area contributed by atoms with E-state index in [0.29, 0.717) is 23.0 Å². The molecule has 0 saturated heterocycles.